The Bertz CT molecular complexity index is 1990. The Balaban J connectivity index is 1.54. The van der Waals surface area contributed by atoms with Gasteiger partial charge in [-0.25, -0.2) is 9.79 Å². The summed E-state index contributed by atoms with van der Waals surface area (Å²) in [4.78, 5) is 32.3. The zero-order valence-electron chi connectivity index (χ0n) is 25.1. The molecular formula is C34H30BrN3O6S. The molecule has 1 aromatic heterocycles. The maximum atomic E-state index is 14.0. The predicted octanol–water partition coefficient (Wildman–Crippen LogP) is 5.42. The van der Waals surface area contributed by atoms with E-state index in [1.165, 1.54) is 11.3 Å². The average Bonchev–Trinajstić information content (AvgIpc) is 3.34. The highest BCUT2D eigenvalue weighted by Crippen LogP contribution is 2.37. The topological polar surface area (TPSA) is 112 Å². The van der Waals surface area contributed by atoms with Crippen LogP contribution in [0.3, 0.4) is 0 Å². The number of allylic oxidation sites excluding steroid dienone is 1. The van der Waals surface area contributed by atoms with Crippen molar-refractivity contribution >= 4 is 39.3 Å². The smallest absolute Gasteiger partial charge is 0.338 e. The number of ether oxygens (including phenoxy) is 4. The van der Waals surface area contributed by atoms with Crippen molar-refractivity contribution in [3.63, 3.8) is 0 Å². The molecule has 0 saturated heterocycles. The number of nitriles is 1. The van der Waals surface area contributed by atoms with Gasteiger partial charge in [0.15, 0.2) is 16.3 Å². The fourth-order valence-electron chi connectivity index (χ4n) is 4.97. The monoisotopic (exact) mass is 687 g/mol. The number of thiazole rings is 1. The lowest BCUT2D eigenvalue weighted by molar-refractivity contribution is -0.139. The molecule has 3 aromatic carbocycles. The van der Waals surface area contributed by atoms with E-state index in [0.717, 1.165) is 11.1 Å². The molecule has 0 amide bonds. The van der Waals surface area contributed by atoms with Crippen LogP contribution in [0.2, 0.25) is 0 Å². The van der Waals surface area contributed by atoms with Gasteiger partial charge in [-0.15, -0.1) is 0 Å². The van der Waals surface area contributed by atoms with Crippen molar-refractivity contribution in [2.75, 3.05) is 20.3 Å². The van der Waals surface area contributed by atoms with E-state index in [1.54, 1.807) is 49.8 Å². The first kappa shape index (κ1) is 31.8. The van der Waals surface area contributed by atoms with Crippen LogP contribution in [0.25, 0.3) is 6.08 Å². The predicted molar refractivity (Wildman–Crippen MR) is 174 cm³/mol. The van der Waals surface area contributed by atoms with Gasteiger partial charge in [0.1, 0.15) is 12.4 Å². The Labute approximate surface area is 272 Å². The third kappa shape index (κ3) is 6.72. The van der Waals surface area contributed by atoms with E-state index in [9.17, 15) is 9.59 Å². The van der Waals surface area contributed by atoms with Crippen LogP contribution in [0.1, 0.15) is 49.1 Å². The van der Waals surface area contributed by atoms with Crippen LogP contribution in [0.15, 0.2) is 86.2 Å². The quantitative estimate of drug-likeness (QED) is 0.205. The Kier molecular flexibility index (Phi) is 9.86. The van der Waals surface area contributed by atoms with Gasteiger partial charge in [0.05, 0.1) is 58.3 Å². The van der Waals surface area contributed by atoms with E-state index in [1.807, 2.05) is 49.4 Å². The molecule has 0 aliphatic carbocycles. The molecular weight excluding hydrogens is 658 g/mol. The molecule has 0 radical (unpaired) electrons. The normalized spacial score (nSPS) is 14.3. The number of carbonyl (C=O) groups excluding carboxylic acids is 1. The summed E-state index contributed by atoms with van der Waals surface area (Å²) in [5.41, 5.74) is 3.42. The molecule has 11 heteroatoms. The van der Waals surface area contributed by atoms with Crippen molar-refractivity contribution in [2.24, 2.45) is 4.99 Å². The Morgan fingerprint density at radius 3 is 2.47 bits per heavy atom. The third-order valence-electron chi connectivity index (χ3n) is 7.04. The lowest BCUT2D eigenvalue weighted by Crippen LogP contribution is -2.39. The first-order chi connectivity index (χ1) is 21.8. The standard InChI is InChI=1S/C34H30BrN3O6S/c1-5-42-25-13-11-24(12-14-25)30-29(33(40)43-6-2)20(3)37-34-38(30)32(39)28(45-34)17-23-15-26(35)31(27(16-23)41-4)44-19-22-9-7-21(18-36)8-10-22/h7-17,30H,5-6,19H2,1-4H3/b28-17-/t30-/m1/s1. The van der Waals surface area contributed by atoms with Gasteiger partial charge in [-0.05, 0) is 95.9 Å². The number of esters is 1. The second-order valence-electron chi connectivity index (χ2n) is 9.94. The van der Waals surface area contributed by atoms with Gasteiger partial charge in [-0.2, -0.15) is 5.26 Å². The fourth-order valence-corrected chi connectivity index (χ4v) is 6.59. The highest BCUT2D eigenvalue weighted by atomic mass is 79.9. The molecule has 9 nitrogen and oxygen atoms in total. The van der Waals surface area contributed by atoms with Gasteiger partial charge in [0.25, 0.3) is 5.56 Å². The zero-order valence-corrected chi connectivity index (χ0v) is 27.5. The van der Waals surface area contributed by atoms with Gasteiger partial charge in [-0.3, -0.25) is 9.36 Å². The van der Waals surface area contributed by atoms with E-state index < -0.39 is 12.0 Å². The summed E-state index contributed by atoms with van der Waals surface area (Å²) < 4.78 is 25.3. The van der Waals surface area contributed by atoms with Crippen molar-refractivity contribution in [2.45, 2.75) is 33.4 Å². The molecule has 5 rings (SSSR count). The molecule has 1 aliphatic heterocycles. The molecule has 2 heterocycles. The van der Waals surface area contributed by atoms with Crippen molar-refractivity contribution < 1.29 is 23.7 Å². The minimum atomic E-state index is -0.725. The van der Waals surface area contributed by atoms with Crippen molar-refractivity contribution in [1.82, 2.24) is 4.57 Å². The molecule has 1 atom stereocenters. The zero-order chi connectivity index (χ0) is 32.1. The molecule has 0 unspecified atom stereocenters. The first-order valence-corrected chi connectivity index (χ1v) is 15.8. The second-order valence-corrected chi connectivity index (χ2v) is 11.8. The molecule has 0 spiro atoms. The van der Waals surface area contributed by atoms with Crippen molar-refractivity contribution in [3.05, 3.63) is 118 Å². The largest absolute Gasteiger partial charge is 0.494 e. The van der Waals surface area contributed by atoms with Crippen molar-refractivity contribution in [3.8, 4) is 23.3 Å². The Hall–Kier alpha value is -4.66. The number of halogens is 1. The maximum absolute atomic E-state index is 14.0. The number of hydrogen-bond donors (Lipinski definition) is 0. The van der Waals surface area contributed by atoms with Gasteiger partial charge in [-0.1, -0.05) is 35.6 Å². The minimum absolute atomic E-state index is 0.194. The highest BCUT2D eigenvalue weighted by molar-refractivity contribution is 9.10. The Morgan fingerprint density at radius 2 is 1.82 bits per heavy atom. The third-order valence-corrected chi connectivity index (χ3v) is 8.61. The van der Waals surface area contributed by atoms with Crippen LogP contribution in [0, 0.1) is 11.3 Å². The summed E-state index contributed by atoms with van der Waals surface area (Å²) >= 11 is 4.83. The highest BCUT2D eigenvalue weighted by Gasteiger charge is 2.33. The average molecular weight is 689 g/mol. The molecule has 45 heavy (non-hydrogen) atoms. The summed E-state index contributed by atoms with van der Waals surface area (Å²) in [5, 5.41) is 9.04. The number of benzene rings is 3. The van der Waals surface area contributed by atoms with E-state index in [0.29, 0.717) is 60.1 Å². The van der Waals surface area contributed by atoms with Crippen LogP contribution >= 0.6 is 27.3 Å². The Morgan fingerprint density at radius 1 is 1.09 bits per heavy atom. The molecule has 1 aliphatic rings. The maximum Gasteiger partial charge on any atom is 0.338 e. The van der Waals surface area contributed by atoms with Crippen LogP contribution in [-0.2, 0) is 16.1 Å². The SMILES string of the molecule is CCOC(=O)C1=C(C)N=c2s/c(=C\c3cc(Br)c(OCc4ccc(C#N)cc4)c(OC)c3)c(=O)n2[C@@H]1c1ccc(OCC)cc1. The number of methoxy groups -OCH3 is 1. The summed E-state index contributed by atoms with van der Waals surface area (Å²) in [6.45, 7) is 6.39. The van der Waals surface area contributed by atoms with Gasteiger partial charge in [0.2, 0.25) is 0 Å². The number of carbonyl (C=O) groups is 1. The molecule has 0 saturated carbocycles. The van der Waals surface area contributed by atoms with E-state index >= 15 is 0 Å². The summed E-state index contributed by atoms with van der Waals surface area (Å²) in [6, 6.07) is 19.5. The fraction of sp³-hybridized carbons (Fsp3) is 0.235. The number of rotatable bonds is 10. The van der Waals surface area contributed by atoms with Gasteiger partial charge < -0.3 is 18.9 Å². The van der Waals surface area contributed by atoms with Crippen LogP contribution in [0.5, 0.6) is 17.2 Å². The first-order valence-electron chi connectivity index (χ1n) is 14.2. The summed E-state index contributed by atoms with van der Waals surface area (Å²) in [6.07, 6.45) is 1.76. The molecule has 0 fully saturated rings. The van der Waals surface area contributed by atoms with Crippen molar-refractivity contribution in [1.29, 1.82) is 5.26 Å². The van der Waals surface area contributed by atoms with E-state index in [-0.39, 0.29) is 18.8 Å². The lowest BCUT2D eigenvalue weighted by Gasteiger charge is -2.24. The van der Waals surface area contributed by atoms with Crippen LogP contribution in [0.4, 0.5) is 0 Å². The van der Waals surface area contributed by atoms with E-state index in [2.05, 4.69) is 27.0 Å². The molecule has 0 bridgehead atoms. The minimum Gasteiger partial charge on any atom is -0.494 e. The lowest BCUT2D eigenvalue weighted by atomic mass is 9.96. The number of fused-ring (bicyclic) bond motifs is 1. The number of nitrogens with zero attached hydrogens (tertiary/aromatic N) is 3. The number of hydrogen-bond acceptors (Lipinski definition) is 9. The van der Waals surface area contributed by atoms with E-state index in [4.69, 9.17) is 24.2 Å². The molecule has 230 valence electrons. The van der Waals surface area contributed by atoms with Gasteiger partial charge in [0, 0.05) is 0 Å². The van der Waals surface area contributed by atoms with Crippen LogP contribution in [-0.4, -0.2) is 30.9 Å². The van der Waals surface area contributed by atoms with Crippen LogP contribution < -0.4 is 29.1 Å². The van der Waals surface area contributed by atoms with Gasteiger partial charge >= 0.3 is 5.97 Å². The summed E-state index contributed by atoms with van der Waals surface area (Å²) in [5.74, 6) is 1.16. The number of aromatic nitrogens is 1. The second kappa shape index (κ2) is 14.0. The summed E-state index contributed by atoms with van der Waals surface area (Å²) in [7, 11) is 1.55. The molecule has 0 N–H and O–H groups in total. The molecule has 4 aromatic rings.